The fraction of sp³-hybridized carbons (Fsp3) is 0.0556. The van der Waals surface area contributed by atoms with E-state index in [1.165, 1.54) is 11.3 Å². The molecule has 1 unspecified atom stereocenters. The molecule has 118 valence electrons. The number of halogens is 2. The maximum Gasteiger partial charge on any atom is 0.188 e. The summed E-state index contributed by atoms with van der Waals surface area (Å²) < 4.78 is 0.788. The highest BCUT2D eigenvalue weighted by Crippen LogP contribution is 2.37. The number of carbonyl (C=O) groups is 1. The number of aromatic nitrogens is 1. The first-order valence-corrected chi connectivity index (χ1v) is 9.00. The second-order valence-electron chi connectivity index (χ2n) is 4.95. The first-order valence-electron chi connectivity index (χ1n) is 7.02. The molecule has 0 aliphatic heterocycles. The van der Waals surface area contributed by atoms with Crippen LogP contribution in [0.5, 0.6) is 0 Å². The second kappa shape index (κ2) is 7.27. The van der Waals surface area contributed by atoms with Gasteiger partial charge in [0.2, 0.25) is 0 Å². The largest absolute Gasteiger partial charge is 0.292 e. The number of hydrogen-bond donors (Lipinski definition) is 0. The molecule has 6 heteroatoms. The highest BCUT2D eigenvalue weighted by molar-refractivity contribution is 9.11. The minimum atomic E-state index is -0.983. The van der Waals surface area contributed by atoms with E-state index in [-0.39, 0.29) is 5.78 Å². The Labute approximate surface area is 156 Å². The van der Waals surface area contributed by atoms with Gasteiger partial charge in [0.15, 0.2) is 11.7 Å². The number of hydrogen-bond acceptors (Lipinski definition) is 4. The van der Waals surface area contributed by atoms with Gasteiger partial charge in [-0.15, -0.1) is 11.3 Å². The van der Waals surface area contributed by atoms with Crippen LogP contribution in [0, 0.1) is 11.3 Å². The minimum absolute atomic E-state index is 0.332. The average Bonchev–Trinajstić information content (AvgIpc) is 2.98. The van der Waals surface area contributed by atoms with E-state index in [4.69, 9.17) is 11.6 Å². The van der Waals surface area contributed by atoms with Gasteiger partial charge in [-0.05, 0) is 28.1 Å². The van der Waals surface area contributed by atoms with Crippen molar-refractivity contribution >= 4 is 44.7 Å². The summed E-state index contributed by atoms with van der Waals surface area (Å²) in [5.74, 6) is -1.33. The predicted molar refractivity (Wildman–Crippen MR) is 99.4 cm³/mol. The molecular weight excluding hydrogens is 408 g/mol. The Kier molecular flexibility index (Phi) is 5.10. The third-order valence-corrected chi connectivity index (χ3v) is 5.53. The monoisotopic (exact) mass is 416 g/mol. The van der Waals surface area contributed by atoms with Crippen molar-refractivity contribution in [2.45, 2.75) is 5.92 Å². The lowest BCUT2D eigenvalue weighted by Gasteiger charge is -2.06. The van der Waals surface area contributed by atoms with Crippen molar-refractivity contribution in [3.05, 3.63) is 74.0 Å². The van der Waals surface area contributed by atoms with Crippen molar-refractivity contribution < 1.29 is 4.79 Å². The van der Waals surface area contributed by atoms with Crippen molar-refractivity contribution in [2.75, 3.05) is 0 Å². The summed E-state index contributed by atoms with van der Waals surface area (Å²) in [5, 5.41) is 10.3. The van der Waals surface area contributed by atoms with Crippen molar-refractivity contribution in [1.29, 1.82) is 5.26 Å². The van der Waals surface area contributed by atoms with Crippen LogP contribution in [0.15, 0.2) is 58.4 Å². The van der Waals surface area contributed by atoms with Gasteiger partial charge < -0.3 is 0 Å². The molecule has 0 N–H and O–H groups in total. The summed E-state index contributed by atoms with van der Waals surface area (Å²) in [6.07, 6.45) is 0. The SMILES string of the molecule is N#CC(C(=O)c1ccccc1Cl)c1nc(-c2ccccc2)c(Br)s1. The van der Waals surface area contributed by atoms with Crippen LogP contribution in [0.1, 0.15) is 21.3 Å². The topological polar surface area (TPSA) is 53.8 Å². The van der Waals surface area contributed by atoms with Gasteiger partial charge in [-0.3, -0.25) is 4.79 Å². The Bertz CT molecular complexity index is 934. The molecule has 0 radical (unpaired) electrons. The van der Waals surface area contributed by atoms with E-state index in [0.717, 1.165) is 15.0 Å². The summed E-state index contributed by atoms with van der Waals surface area (Å²) in [5.41, 5.74) is 1.98. The van der Waals surface area contributed by atoms with Crippen LogP contribution in [0.2, 0.25) is 5.02 Å². The van der Waals surface area contributed by atoms with E-state index in [0.29, 0.717) is 15.6 Å². The quantitative estimate of drug-likeness (QED) is 0.510. The second-order valence-corrected chi connectivity index (χ2v) is 7.70. The molecule has 0 aliphatic carbocycles. The van der Waals surface area contributed by atoms with Crippen molar-refractivity contribution in [1.82, 2.24) is 4.98 Å². The molecule has 2 aromatic carbocycles. The maximum absolute atomic E-state index is 12.7. The highest BCUT2D eigenvalue weighted by atomic mass is 79.9. The van der Waals surface area contributed by atoms with Gasteiger partial charge >= 0.3 is 0 Å². The Hall–Kier alpha value is -2.00. The maximum atomic E-state index is 12.7. The fourth-order valence-electron chi connectivity index (χ4n) is 2.26. The number of Topliss-reactive ketones (excluding diaryl/α,β-unsaturated/α-hetero) is 1. The number of ketones is 1. The standard InChI is InChI=1S/C18H10BrClN2OS/c19-17-15(11-6-2-1-3-7-11)22-18(24-17)13(10-21)16(23)12-8-4-5-9-14(12)20/h1-9,13H. The molecule has 0 aliphatic rings. The van der Waals surface area contributed by atoms with E-state index in [1.54, 1.807) is 24.3 Å². The third kappa shape index (κ3) is 3.27. The smallest absolute Gasteiger partial charge is 0.188 e. The summed E-state index contributed by atoms with van der Waals surface area (Å²) in [6, 6.07) is 18.4. The third-order valence-electron chi connectivity index (χ3n) is 3.43. The van der Waals surface area contributed by atoms with Crippen LogP contribution >= 0.6 is 38.9 Å². The average molecular weight is 418 g/mol. The minimum Gasteiger partial charge on any atom is -0.292 e. The molecule has 1 heterocycles. The molecule has 3 rings (SSSR count). The van der Waals surface area contributed by atoms with Gasteiger partial charge in [-0.25, -0.2) is 4.98 Å². The first-order chi connectivity index (χ1) is 11.6. The van der Waals surface area contributed by atoms with E-state index < -0.39 is 5.92 Å². The van der Waals surface area contributed by atoms with E-state index >= 15 is 0 Å². The number of nitrogens with zero attached hydrogens (tertiary/aromatic N) is 2. The zero-order valence-corrected chi connectivity index (χ0v) is 15.4. The van der Waals surface area contributed by atoms with Gasteiger partial charge in [0, 0.05) is 11.1 Å². The molecule has 3 nitrogen and oxygen atoms in total. The molecule has 1 aromatic heterocycles. The Morgan fingerprint density at radius 3 is 2.50 bits per heavy atom. The lowest BCUT2D eigenvalue weighted by atomic mass is 9.99. The predicted octanol–water partition coefficient (Wildman–Crippen LogP) is 5.72. The summed E-state index contributed by atoms with van der Waals surface area (Å²) in [4.78, 5) is 17.2. The van der Waals surface area contributed by atoms with Crippen LogP contribution in [-0.4, -0.2) is 10.8 Å². The lowest BCUT2D eigenvalue weighted by Crippen LogP contribution is -2.11. The Morgan fingerprint density at radius 1 is 1.17 bits per heavy atom. The fourth-order valence-corrected chi connectivity index (χ4v) is 4.16. The van der Waals surface area contributed by atoms with Gasteiger partial charge in [0.05, 0.1) is 20.6 Å². The van der Waals surface area contributed by atoms with Crippen LogP contribution in [0.25, 0.3) is 11.3 Å². The van der Waals surface area contributed by atoms with Crippen LogP contribution in [-0.2, 0) is 0 Å². The zero-order chi connectivity index (χ0) is 17.1. The van der Waals surface area contributed by atoms with Crippen LogP contribution in [0.4, 0.5) is 0 Å². The van der Waals surface area contributed by atoms with Gasteiger partial charge in [-0.2, -0.15) is 5.26 Å². The van der Waals surface area contributed by atoms with Crippen molar-refractivity contribution in [2.24, 2.45) is 0 Å². The van der Waals surface area contributed by atoms with Gasteiger partial charge in [0.1, 0.15) is 5.01 Å². The van der Waals surface area contributed by atoms with Crippen LogP contribution < -0.4 is 0 Å². The van der Waals surface area contributed by atoms with Crippen LogP contribution in [0.3, 0.4) is 0 Å². The number of benzene rings is 2. The Morgan fingerprint density at radius 2 is 1.83 bits per heavy atom. The molecule has 24 heavy (non-hydrogen) atoms. The molecule has 1 atom stereocenters. The molecule has 0 saturated heterocycles. The van der Waals surface area contributed by atoms with Gasteiger partial charge in [-0.1, -0.05) is 54.1 Å². The van der Waals surface area contributed by atoms with E-state index in [2.05, 4.69) is 27.0 Å². The zero-order valence-electron chi connectivity index (χ0n) is 12.2. The number of rotatable bonds is 4. The number of thiazole rings is 1. The lowest BCUT2D eigenvalue weighted by molar-refractivity contribution is 0.0979. The van der Waals surface area contributed by atoms with E-state index in [1.807, 2.05) is 30.3 Å². The number of carbonyl (C=O) groups excluding carboxylic acids is 1. The molecule has 0 saturated carbocycles. The molecule has 3 aromatic rings. The van der Waals surface area contributed by atoms with Crippen molar-refractivity contribution in [3.63, 3.8) is 0 Å². The Balaban J connectivity index is 2.00. The number of nitriles is 1. The summed E-state index contributed by atoms with van der Waals surface area (Å²) in [6.45, 7) is 0. The normalized spacial score (nSPS) is 11.7. The molecule has 0 bridgehead atoms. The molecular formula is C18H10BrClN2OS. The van der Waals surface area contributed by atoms with Gasteiger partial charge in [0.25, 0.3) is 0 Å². The highest BCUT2D eigenvalue weighted by Gasteiger charge is 2.27. The van der Waals surface area contributed by atoms with Crippen molar-refractivity contribution in [3.8, 4) is 17.3 Å². The van der Waals surface area contributed by atoms with E-state index in [9.17, 15) is 10.1 Å². The summed E-state index contributed by atoms with van der Waals surface area (Å²) in [7, 11) is 0. The summed E-state index contributed by atoms with van der Waals surface area (Å²) >= 11 is 10.9. The first kappa shape index (κ1) is 16.8. The molecule has 0 spiro atoms. The molecule has 0 fully saturated rings. The molecule has 0 amide bonds.